The summed E-state index contributed by atoms with van der Waals surface area (Å²) in [6.07, 6.45) is 4.58. The van der Waals surface area contributed by atoms with Crippen molar-refractivity contribution in [1.82, 2.24) is 14.9 Å². The maximum atomic E-state index is 12.3. The summed E-state index contributed by atoms with van der Waals surface area (Å²) < 4.78 is 5.94. The summed E-state index contributed by atoms with van der Waals surface area (Å²) in [5, 5.41) is 0. The predicted molar refractivity (Wildman–Crippen MR) is 78.7 cm³/mol. The van der Waals surface area contributed by atoms with Crippen molar-refractivity contribution < 1.29 is 9.53 Å². The number of hydrogen-bond acceptors (Lipinski definition) is 4. The fourth-order valence-electron chi connectivity index (χ4n) is 3.44. The van der Waals surface area contributed by atoms with Gasteiger partial charge in [-0.05, 0) is 45.6 Å². The molecule has 0 radical (unpaired) electrons. The summed E-state index contributed by atoms with van der Waals surface area (Å²) in [5.41, 5.74) is 1.86. The summed E-state index contributed by atoms with van der Waals surface area (Å²) in [6, 6.07) is 1.95. The Hall–Kier alpha value is -1.49. The van der Waals surface area contributed by atoms with Crippen molar-refractivity contribution in [1.29, 1.82) is 0 Å². The number of likely N-dealkylation sites (tertiary alicyclic amines) is 1. The zero-order valence-corrected chi connectivity index (χ0v) is 12.9. The third-order valence-electron chi connectivity index (χ3n) is 4.53. The molecular weight excluding hydrogens is 266 g/mol. The minimum atomic E-state index is -0.0478. The standard InChI is InChI=1S/C16H23N3O2/c1-12-10-13(2)18-14(17-12)11-19-8-7-16(5-3-9-21-16)6-4-15(19)20/h10H,3-9,11H2,1-2H3. The van der Waals surface area contributed by atoms with E-state index in [9.17, 15) is 4.79 Å². The van der Waals surface area contributed by atoms with Crippen LogP contribution in [0.3, 0.4) is 0 Å². The van der Waals surface area contributed by atoms with Gasteiger partial charge in [-0.1, -0.05) is 0 Å². The van der Waals surface area contributed by atoms with E-state index in [2.05, 4.69) is 9.97 Å². The van der Waals surface area contributed by atoms with Crippen molar-refractivity contribution in [3.8, 4) is 0 Å². The minimum Gasteiger partial charge on any atom is -0.375 e. The second-order valence-corrected chi connectivity index (χ2v) is 6.27. The van der Waals surface area contributed by atoms with Crippen molar-refractivity contribution in [2.45, 2.75) is 58.1 Å². The van der Waals surface area contributed by atoms with Gasteiger partial charge >= 0.3 is 0 Å². The molecule has 3 heterocycles. The van der Waals surface area contributed by atoms with E-state index in [1.807, 2.05) is 24.8 Å². The molecule has 114 valence electrons. The summed E-state index contributed by atoms with van der Waals surface area (Å²) in [7, 11) is 0. The molecule has 2 aliphatic heterocycles. The number of carbonyl (C=O) groups excluding carboxylic acids is 1. The Kier molecular flexibility index (Phi) is 3.93. The maximum Gasteiger partial charge on any atom is 0.223 e. The van der Waals surface area contributed by atoms with E-state index in [0.29, 0.717) is 13.0 Å². The average Bonchev–Trinajstić information content (AvgIpc) is 2.83. The van der Waals surface area contributed by atoms with Crippen molar-refractivity contribution in [2.75, 3.05) is 13.2 Å². The SMILES string of the molecule is Cc1cc(C)nc(CN2CCC3(CCCO3)CCC2=O)n1. The maximum absolute atomic E-state index is 12.3. The number of aromatic nitrogens is 2. The molecule has 0 aliphatic carbocycles. The summed E-state index contributed by atoms with van der Waals surface area (Å²) >= 11 is 0. The molecule has 1 aromatic rings. The molecule has 0 N–H and O–H groups in total. The van der Waals surface area contributed by atoms with Crippen molar-refractivity contribution >= 4 is 5.91 Å². The molecule has 3 rings (SSSR count). The highest BCUT2D eigenvalue weighted by Crippen LogP contribution is 2.36. The normalized spacial score (nSPS) is 26.4. The molecule has 1 atom stereocenters. The lowest BCUT2D eigenvalue weighted by atomic mass is 9.92. The summed E-state index contributed by atoms with van der Waals surface area (Å²) in [4.78, 5) is 23.1. The van der Waals surface area contributed by atoms with Gasteiger partial charge in [0.25, 0.3) is 0 Å². The molecule has 5 nitrogen and oxygen atoms in total. The third-order valence-corrected chi connectivity index (χ3v) is 4.53. The van der Waals surface area contributed by atoms with Crippen LogP contribution in [-0.2, 0) is 16.1 Å². The van der Waals surface area contributed by atoms with Gasteiger partial charge in [0.1, 0.15) is 5.82 Å². The molecule has 0 bridgehead atoms. The molecule has 5 heteroatoms. The van der Waals surface area contributed by atoms with Crippen LogP contribution in [-0.4, -0.2) is 39.5 Å². The second-order valence-electron chi connectivity index (χ2n) is 6.27. The van der Waals surface area contributed by atoms with Crippen molar-refractivity contribution in [3.63, 3.8) is 0 Å². The van der Waals surface area contributed by atoms with Gasteiger partial charge in [0, 0.05) is 31.0 Å². The number of nitrogens with zero attached hydrogens (tertiary/aromatic N) is 3. The van der Waals surface area contributed by atoms with Crippen molar-refractivity contribution in [3.05, 3.63) is 23.3 Å². The first-order chi connectivity index (χ1) is 10.1. The second kappa shape index (κ2) is 5.72. The number of rotatable bonds is 2. The van der Waals surface area contributed by atoms with E-state index in [4.69, 9.17) is 4.74 Å². The Balaban J connectivity index is 1.71. The van der Waals surface area contributed by atoms with E-state index >= 15 is 0 Å². The molecule has 21 heavy (non-hydrogen) atoms. The van der Waals surface area contributed by atoms with Gasteiger partial charge in [0.2, 0.25) is 5.91 Å². The smallest absolute Gasteiger partial charge is 0.223 e. The van der Waals surface area contributed by atoms with Gasteiger partial charge < -0.3 is 9.64 Å². The number of aryl methyl sites for hydroxylation is 2. The first-order valence-electron chi connectivity index (χ1n) is 7.79. The molecular formula is C16H23N3O2. The first-order valence-corrected chi connectivity index (χ1v) is 7.79. The molecule has 1 aromatic heterocycles. The van der Waals surface area contributed by atoms with Crippen LogP contribution in [0.5, 0.6) is 0 Å². The van der Waals surface area contributed by atoms with Crippen molar-refractivity contribution in [2.24, 2.45) is 0 Å². The highest BCUT2D eigenvalue weighted by Gasteiger charge is 2.38. The molecule has 0 aromatic carbocycles. The first kappa shape index (κ1) is 14.4. The summed E-state index contributed by atoms with van der Waals surface area (Å²) in [6.45, 7) is 6.02. The Labute approximate surface area is 125 Å². The number of ether oxygens (including phenoxy) is 1. The Morgan fingerprint density at radius 2 is 2.00 bits per heavy atom. The molecule has 1 amide bonds. The Morgan fingerprint density at radius 1 is 1.24 bits per heavy atom. The number of amides is 1. The zero-order valence-electron chi connectivity index (χ0n) is 12.9. The predicted octanol–water partition coefficient (Wildman–Crippen LogP) is 2.16. The average molecular weight is 289 g/mol. The van der Waals surface area contributed by atoms with Crippen LogP contribution in [0.25, 0.3) is 0 Å². The zero-order chi connectivity index (χ0) is 14.9. The van der Waals surface area contributed by atoms with Gasteiger partial charge in [-0.2, -0.15) is 0 Å². The molecule has 1 spiro atoms. The quantitative estimate of drug-likeness (QED) is 0.837. The van der Waals surface area contributed by atoms with E-state index in [1.165, 1.54) is 0 Å². The fourth-order valence-corrected chi connectivity index (χ4v) is 3.44. The monoisotopic (exact) mass is 289 g/mol. The number of hydrogen-bond donors (Lipinski definition) is 0. The molecule has 0 saturated carbocycles. The highest BCUT2D eigenvalue weighted by molar-refractivity contribution is 5.76. The lowest BCUT2D eigenvalue weighted by Gasteiger charge is -2.26. The minimum absolute atomic E-state index is 0.0478. The number of carbonyl (C=O) groups is 1. The lowest BCUT2D eigenvalue weighted by molar-refractivity contribution is -0.131. The van der Waals surface area contributed by atoms with Gasteiger partial charge in [-0.3, -0.25) is 4.79 Å². The van der Waals surface area contributed by atoms with Gasteiger partial charge in [-0.15, -0.1) is 0 Å². The lowest BCUT2D eigenvalue weighted by Crippen LogP contribution is -2.32. The van der Waals surface area contributed by atoms with Gasteiger partial charge in [0.15, 0.2) is 0 Å². The molecule has 2 saturated heterocycles. The van der Waals surface area contributed by atoms with Gasteiger partial charge in [0.05, 0.1) is 12.1 Å². The van der Waals surface area contributed by atoms with Crippen LogP contribution in [0.1, 0.15) is 49.3 Å². The largest absolute Gasteiger partial charge is 0.375 e. The Morgan fingerprint density at radius 3 is 2.67 bits per heavy atom. The third kappa shape index (κ3) is 3.23. The van der Waals surface area contributed by atoms with E-state index in [1.54, 1.807) is 0 Å². The summed E-state index contributed by atoms with van der Waals surface area (Å²) in [5.74, 6) is 0.939. The van der Waals surface area contributed by atoms with Crippen LogP contribution in [0.15, 0.2) is 6.07 Å². The van der Waals surface area contributed by atoms with Crippen LogP contribution in [0, 0.1) is 13.8 Å². The fraction of sp³-hybridized carbons (Fsp3) is 0.688. The molecule has 2 aliphatic rings. The molecule has 1 unspecified atom stereocenters. The van der Waals surface area contributed by atoms with Crippen LogP contribution < -0.4 is 0 Å². The van der Waals surface area contributed by atoms with Crippen LogP contribution in [0.2, 0.25) is 0 Å². The van der Waals surface area contributed by atoms with Gasteiger partial charge in [-0.25, -0.2) is 9.97 Å². The van der Waals surface area contributed by atoms with Crippen LogP contribution >= 0.6 is 0 Å². The van der Waals surface area contributed by atoms with E-state index in [-0.39, 0.29) is 11.5 Å². The topological polar surface area (TPSA) is 55.3 Å². The van der Waals surface area contributed by atoms with E-state index in [0.717, 1.165) is 56.0 Å². The van der Waals surface area contributed by atoms with E-state index < -0.39 is 0 Å². The Bertz CT molecular complexity index is 518. The van der Waals surface area contributed by atoms with Crippen LogP contribution in [0.4, 0.5) is 0 Å². The highest BCUT2D eigenvalue weighted by atomic mass is 16.5. The molecule has 2 fully saturated rings.